The molecule has 1 aromatic heterocycles. The molecule has 0 bridgehead atoms. The molecule has 0 unspecified atom stereocenters. The molecule has 1 aromatic carbocycles. The molecular weight excluding hydrogens is 318 g/mol. The maximum Gasteiger partial charge on any atom is 0.185 e. The molecule has 2 aromatic rings. The van der Waals surface area contributed by atoms with Crippen LogP contribution in [0.2, 0.25) is 0 Å². The van der Waals surface area contributed by atoms with Gasteiger partial charge in [-0.3, -0.25) is 0 Å². The van der Waals surface area contributed by atoms with Crippen molar-refractivity contribution in [3.8, 4) is 5.69 Å². The number of piperidine rings is 1. The van der Waals surface area contributed by atoms with Crippen LogP contribution in [0.1, 0.15) is 25.1 Å². The highest BCUT2D eigenvalue weighted by Crippen LogP contribution is 2.14. The lowest BCUT2D eigenvalue weighted by Gasteiger charge is -2.18. The van der Waals surface area contributed by atoms with Crippen LogP contribution in [0.5, 0.6) is 0 Å². The molecule has 1 fully saturated rings. The molecule has 6 heteroatoms. The molecule has 0 saturated carbocycles. The van der Waals surface area contributed by atoms with Crippen LogP contribution in [0.4, 0.5) is 0 Å². The highest BCUT2D eigenvalue weighted by Gasteiger charge is 2.11. The van der Waals surface area contributed by atoms with Gasteiger partial charge < -0.3 is 4.90 Å². The first-order valence-corrected chi connectivity index (χ1v) is 7.69. The first kappa shape index (κ1) is 13.5. The van der Waals surface area contributed by atoms with E-state index in [1.54, 1.807) is 4.68 Å². The van der Waals surface area contributed by atoms with Crippen molar-refractivity contribution in [2.45, 2.75) is 19.3 Å². The molecule has 0 atom stereocenters. The molecule has 2 heterocycles. The number of hydrogen-bond acceptors (Lipinski definition) is 3. The lowest BCUT2D eigenvalue weighted by atomic mass is 10.1. The summed E-state index contributed by atoms with van der Waals surface area (Å²) in [5.74, 6) is 0.769. The number of quaternary nitrogens is 1. The number of tetrazole rings is 1. The Bertz CT molecular complexity index is 584. The smallest absolute Gasteiger partial charge is 0.185 e. The predicted octanol–water partition coefficient (Wildman–Crippen LogP) is 1.46. The molecule has 104 valence electrons. The quantitative estimate of drug-likeness (QED) is 0.924. The van der Waals surface area contributed by atoms with Gasteiger partial charge in [0.25, 0.3) is 0 Å². The highest BCUT2D eigenvalue weighted by molar-refractivity contribution is 9.10. The first-order chi connectivity index (χ1) is 9.83. The molecule has 20 heavy (non-hydrogen) atoms. The fourth-order valence-corrected chi connectivity index (χ4v) is 2.69. The second-order valence-electron chi connectivity index (χ2n) is 4.98. The minimum absolute atomic E-state index is 0.769. The molecule has 1 N–H and O–H groups in total. The standard InChI is InChI=1S/C14H16BrN5/c15-12-4-6-13(7-5-12)20-14(16-17-18-20)8-11-19-9-2-1-3-10-19/h4-8,11H,1-3,9-10H2/p+1/b11-8+. The lowest BCUT2D eigenvalue weighted by molar-refractivity contribution is -0.851. The average Bonchev–Trinajstić information content (AvgIpc) is 2.95. The van der Waals surface area contributed by atoms with E-state index in [4.69, 9.17) is 0 Å². The summed E-state index contributed by atoms with van der Waals surface area (Å²) < 4.78 is 2.80. The van der Waals surface area contributed by atoms with Gasteiger partial charge in [0.1, 0.15) is 0 Å². The SMILES string of the molecule is Brc1ccc(-n2nnnc2/C=C/[NH+]2CCCCC2)cc1. The number of nitrogens with zero attached hydrogens (tertiary/aromatic N) is 4. The van der Waals surface area contributed by atoms with Gasteiger partial charge in [-0.25, -0.2) is 0 Å². The van der Waals surface area contributed by atoms with Gasteiger partial charge in [-0.2, -0.15) is 4.68 Å². The van der Waals surface area contributed by atoms with Crippen LogP contribution in [0.15, 0.2) is 34.9 Å². The molecule has 1 saturated heterocycles. The van der Waals surface area contributed by atoms with Crippen LogP contribution in [-0.4, -0.2) is 33.3 Å². The minimum atomic E-state index is 0.769. The molecule has 1 aliphatic heterocycles. The number of rotatable bonds is 3. The summed E-state index contributed by atoms with van der Waals surface area (Å²) in [6.07, 6.45) is 8.16. The van der Waals surface area contributed by atoms with Crippen LogP contribution in [0.25, 0.3) is 11.8 Å². The molecule has 5 nitrogen and oxygen atoms in total. The van der Waals surface area contributed by atoms with Crippen molar-refractivity contribution in [3.05, 3.63) is 40.8 Å². The Hall–Kier alpha value is -1.53. The molecular formula is C14H17BrN5+. The van der Waals surface area contributed by atoms with E-state index >= 15 is 0 Å². The zero-order valence-corrected chi connectivity index (χ0v) is 12.8. The zero-order chi connectivity index (χ0) is 13.8. The maximum atomic E-state index is 4.09. The van der Waals surface area contributed by atoms with Crippen LogP contribution >= 0.6 is 15.9 Å². The summed E-state index contributed by atoms with van der Waals surface area (Å²) in [7, 11) is 0. The van der Waals surface area contributed by atoms with Crippen molar-refractivity contribution in [1.82, 2.24) is 20.2 Å². The number of hydrogen-bond donors (Lipinski definition) is 1. The number of aromatic nitrogens is 4. The third-order valence-electron chi connectivity index (χ3n) is 3.53. The molecule has 0 spiro atoms. The lowest BCUT2D eigenvalue weighted by Crippen LogP contribution is -3.08. The van der Waals surface area contributed by atoms with Gasteiger partial charge in [-0.05, 0) is 54.0 Å². The Morgan fingerprint density at radius 2 is 1.85 bits per heavy atom. The minimum Gasteiger partial charge on any atom is -0.309 e. The number of halogens is 1. The van der Waals surface area contributed by atoms with Crippen molar-refractivity contribution in [2.24, 2.45) is 0 Å². The Morgan fingerprint density at radius 3 is 2.60 bits per heavy atom. The number of nitrogens with one attached hydrogen (secondary N) is 1. The van der Waals surface area contributed by atoms with Crippen molar-refractivity contribution in [2.75, 3.05) is 13.1 Å². The third kappa shape index (κ3) is 3.13. The van der Waals surface area contributed by atoms with Gasteiger partial charge in [0.15, 0.2) is 5.82 Å². The maximum absolute atomic E-state index is 4.09. The summed E-state index contributed by atoms with van der Waals surface area (Å²) in [4.78, 5) is 1.50. The topological polar surface area (TPSA) is 48.0 Å². The zero-order valence-electron chi connectivity index (χ0n) is 11.2. The van der Waals surface area contributed by atoms with Crippen LogP contribution in [0, 0.1) is 0 Å². The molecule has 0 radical (unpaired) electrons. The Balaban J connectivity index is 1.79. The van der Waals surface area contributed by atoms with Crippen molar-refractivity contribution in [1.29, 1.82) is 0 Å². The van der Waals surface area contributed by atoms with Gasteiger partial charge in [0, 0.05) is 10.5 Å². The molecule has 0 amide bonds. The molecule has 3 rings (SSSR count). The second kappa shape index (κ2) is 6.28. The summed E-state index contributed by atoms with van der Waals surface area (Å²) >= 11 is 3.43. The monoisotopic (exact) mass is 334 g/mol. The predicted molar refractivity (Wildman–Crippen MR) is 80.4 cm³/mol. The second-order valence-corrected chi connectivity index (χ2v) is 5.89. The Morgan fingerprint density at radius 1 is 1.10 bits per heavy atom. The van der Waals surface area contributed by atoms with E-state index < -0.39 is 0 Å². The van der Waals surface area contributed by atoms with Crippen molar-refractivity contribution in [3.63, 3.8) is 0 Å². The fourth-order valence-electron chi connectivity index (χ4n) is 2.43. The van der Waals surface area contributed by atoms with Crippen molar-refractivity contribution >= 4 is 22.0 Å². The normalized spacial score (nSPS) is 16.9. The van der Waals surface area contributed by atoms with Crippen LogP contribution in [-0.2, 0) is 0 Å². The summed E-state index contributed by atoms with van der Waals surface area (Å²) in [6, 6.07) is 7.96. The van der Waals surface area contributed by atoms with Gasteiger partial charge in [-0.1, -0.05) is 15.9 Å². The first-order valence-electron chi connectivity index (χ1n) is 6.90. The van der Waals surface area contributed by atoms with E-state index in [2.05, 4.69) is 37.7 Å². The summed E-state index contributed by atoms with van der Waals surface area (Å²) in [5.41, 5.74) is 0.964. The Labute approximate surface area is 126 Å². The molecule has 1 aliphatic rings. The van der Waals surface area contributed by atoms with Gasteiger partial charge in [0.2, 0.25) is 0 Å². The fraction of sp³-hybridized carbons (Fsp3) is 0.357. The Kier molecular flexibility index (Phi) is 4.22. The number of benzene rings is 1. The van der Waals surface area contributed by atoms with E-state index in [0.29, 0.717) is 0 Å². The van der Waals surface area contributed by atoms with Crippen LogP contribution in [0.3, 0.4) is 0 Å². The van der Waals surface area contributed by atoms with E-state index in [-0.39, 0.29) is 0 Å². The van der Waals surface area contributed by atoms with Gasteiger partial charge >= 0.3 is 0 Å². The van der Waals surface area contributed by atoms with E-state index in [9.17, 15) is 0 Å². The third-order valence-corrected chi connectivity index (χ3v) is 4.06. The molecule has 0 aliphatic carbocycles. The number of likely N-dealkylation sites (tertiary alicyclic amines) is 1. The van der Waals surface area contributed by atoms with Crippen LogP contribution < -0.4 is 4.90 Å². The van der Waals surface area contributed by atoms with Gasteiger partial charge in [0.05, 0.1) is 25.0 Å². The summed E-state index contributed by atoms with van der Waals surface area (Å²) in [5, 5.41) is 11.9. The average molecular weight is 335 g/mol. The highest BCUT2D eigenvalue weighted by atomic mass is 79.9. The van der Waals surface area contributed by atoms with Crippen molar-refractivity contribution < 1.29 is 4.90 Å². The van der Waals surface area contributed by atoms with Gasteiger partial charge in [-0.15, -0.1) is 5.10 Å². The van der Waals surface area contributed by atoms with E-state index in [0.717, 1.165) is 16.0 Å². The van der Waals surface area contributed by atoms with E-state index in [1.165, 1.54) is 37.3 Å². The van der Waals surface area contributed by atoms with E-state index in [1.807, 2.05) is 30.3 Å². The largest absolute Gasteiger partial charge is 0.309 e. The summed E-state index contributed by atoms with van der Waals surface area (Å²) in [6.45, 7) is 2.41.